The van der Waals surface area contributed by atoms with E-state index in [9.17, 15) is 5.11 Å². The molecule has 2 aromatic heterocycles. The van der Waals surface area contributed by atoms with Gasteiger partial charge in [0.2, 0.25) is 0 Å². The Morgan fingerprint density at radius 1 is 1.25 bits per heavy atom. The van der Waals surface area contributed by atoms with E-state index in [4.69, 9.17) is 0 Å². The number of pyridine rings is 1. The fourth-order valence-corrected chi connectivity index (χ4v) is 2.71. The molecule has 0 bridgehead atoms. The molecule has 20 heavy (non-hydrogen) atoms. The van der Waals surface area contributed by atoms with Gasteiger partial charge in [0.1, 0.15) is 17.1 Å². The van der Waals surface area contributed by atoms with E-state index in [0.29, 0.717) is 10.5 Å². The van der Waals surface area contributed by atoms with Gasteiger partial charge in [-0.1, -0.05) is 0 Å². The first kappa shape index (κ1) is 11.9. The smallest absolute Gasteiger partial charge is 0.160 e. The summed E-state index contributed by atoms with van der Waals surface area (Å²) in [6.45, 7) is 0. The number of nitrogens with zero attached hydrogens (tertiary/aromatic N) is 3. The molecule has 0 aliphatic heterocycles. The van der Waals surface area contributed by atoms with Crippen LogP contribution in [-0.2, 0) is 0 Å². The Kier molecular flexibility index (Phi) is 2.57. The van der Waals surface area contributed by atoms with Gasteiger partial charge in [0.25, 0.3) is 0 Å². The van der Waals surface area contributed by atoms with Crippen molar-refractivity contribution in [2.24, 2.45) is 0 Å². The average Bonchev–Trinajstić information content (AvgIpc) is 3.22. The minimum absolute atomic E-state index is 0.227. The summed E-state index contributed by atoms with van der Waals surface area (Å²) in [4.78, 5) is 9.15. The Morgan fingerprint density at radius 2 is 2.10 bits per heavy atom. The molecule has 3 aromatic rings. The van der Waals surface area contributed by atoms with Gasteiger partial charge >= 0.3 is 0 Å². The lowest BCUT2D eigenvalue weighted by Crippen LogP contribution is -1.98. The van der Waals surface area contributed by atoms with E-state index in [0.717, 1.165) is 35.4 Å². The average molecular weight is 330 g/mol. The van der Waals surface area contributed by atoms with Crippen LogP contribution < -0.4 is 0 Å². The number of aromatic nitrogens is 3. The van der Waals surface area contributed by atoms with Crippen molar-refractivity contribution in [3.8, 4) is 17.1 Å². The molecule has 0 spiro atoms. The van der Waals surface area contributed by atoms with Crippen LogP contribution in [0.5, 0.6) is 5.75 Å². The maximum Gasteiger partial charge on any atom is 0.160 e. The standard InChI is InChI=1S/C15H12BrN3O/c16-11-6-3-9(8-13(11)20)14-18-12-2-1-7-17-15(12)19(14)10-4-5-10/h1-3,6-8,10,20H,4-5H2. The summed E-state index contributed by atoms with van der Waals surface area (Å²) in [5.74, 6) is 1.11. The molecule has 0 radical (unpaired) electrons. The van der Waals surface area contributed by atoms with Crippen molar-refractivity contribution in [2.75, 3.05) is 0 Å². The topological polar surface area (TPSA) is 50.9 Å². The van der Waals surface area contributed by atoms with Crippen LogP contribution in [0.15, 0.2) is 41.0 Å². The van der Waals surface area contributed by atoms with Crippen LogP contribution in [0, 0.1) is 0 Å². The van der Waals surface area contributed by atoms with Gasteiger partial charge in [-0.3, -0.25) is 0 Å². The zero-order valence-corrected chi connectivity index (χ0v) is 12.2. The quantitative estimate of drug-likeness (QED) is 0.775. The van der Waals surface area contributed by atoms with Gasteiger partial charge in [0, 0.05) is 17.8 Å². The first-order chi connectivity index (χ1) is 9.74. The molecular formula is C15H12BrN3O. The highest BCUT2D eigenvalue weighted by atomic mass is 79.9. The number of hydrogen-bond acceptors (Lipinski definition) is 3. The number of halogens is 1. The van der Waals surface area contributed by atoms with Crippen LogP contribution >= 0.6 is 15.9 Å². The van der Waals surface area contributed by atoms with Crippen LogP contribution in [0.25, 0.3) is 22.6 Å². The molecule has 0 atom stereocenters. The number of imidazole rings is 1. The number of phenolic OH excluding ortho intramolecular Hbond substituents is 1. The van der Waals surface area contributed by atoms with E-state index in [1.54, 1.807) is 12.3 Å². The summed E-state index contributed by atoms with van der Waals surface area (Å²) >= 11 is 3.31. The van der Waals surface area contributed by atoms with Gasteiger partial charge in [-0.2, -0.15) is 0 Å². The van der Waals surface area contributed by atoms with E-state index in [1.807, 2.05) is 24.3 Å². The summed E-state index contributed by atoms with van der Waals surface area (Å²) in [5, 5.41) is 9.88. The van der Waals surface area contributed by atoms with E-state index in [2.05, 4.69) is 30.5 Å². The molecule has 4 rings (SSSR count). The maximum absolute atomic E-state index is 9.88. The van der Waals surface area contributed by atoms with Crippen molar-refractivity contribution >= 4 is 27.1 Å². The Bertz CT molecular complexity index is 808. The largest absolute Gasteiger partial charge is 0.507 e. The van der Waals surface area contributed by atoms with Crippen LogP contribution in [-0.4, -0.2) is 19.6 Å². The van der Waals surface area contributed by atoms with Crippen LogP contribution in [0.1, 0.15) is 18.9 Å². The zero-order chi connectivity index (χ0) is 13.7. The lowest BCUT2D eigenvalue weighted by molar-refractivity contribution is 0.472. The lowest BCUT2D eigenvalue weighted by Gasteiger charge is -2.07. The number of aromatic hydroxyl groups is 1. The molecule has 1 saturated carbocycles. The van der Waals surface area contributed by atoms with Gasteiger partial charge in [0.05, 0.1) is 4.47 Å². The predicted molar refractivity (Wildman–Crippen MR) is 80.6 cm³/mol. The molecule has 1 aromatic carbocycles. The van der Waals surface area contributed by atoms with Crippen LogP contribution in [0.4, 0.5) is 0 Å². The fourth-order valence-electron chi connectivity index (χ4n) is 2.46. The van der Waals surface area contributed by atoms with Crippen molar-refractivity contribution in [3.63, 3.8) is 0 Å². The van der Waals surface area contributed by atoms with Crippen molar-refractivity contribution in [1.82, 2.24) is 14.5 Å². The van der Waals surface area contributed by atoms with E-state index >= 15 is 0 Å². The second-order valence-corrected chi connectivity index (χ2v) is 5.90. The number of hydrogen-bond donors (Lipinski definition) is 1. The molecule has 1 aliphatic carbocycles. The Morgan fingerprint density at radius 3 is 2.85 bits per heavy atom. The van der Waals surface area contributed by atoms with E-state index in [-0.39, 0.29) is 5.75 Å². The van der Waals surface area contributed by atoms with Gasteiger partial charge in [0.15, 0.2) is 5.65 Å². The summed E-state index contributed by atoms with van der Waals surface area (Å²) in [5.41, 5.74) is 2.74. The fraction of sp³-hybridized carbons (Fsp3) is 0.200. The zero-order valence-electron chi connectivity index (χ0n) is 10.6. The molecule has 1 aliphatic rings. The van der Waals surface area contributed by atoms with Crippen molar-refractivity contribution in [2.45, 2.75) is 18.9 Å². The SMILES string of the molecule is Oc1cc(-c2nc3cccnc3n2C2CC2)ccc1Br. The minimum Gasteiger partial charge on any atom is -0.507 e. The van der Waals surface area contributed by atoms with Crippen LogP contribution in [0.2, 0.25) is 0 Å². The third-order valence-corrected chi connectivity index (χ3v) is 4.24. The third kappa shape index (κ3) is 1.81. The summed E-state index contributed by atoms with van der Waals surface area (Å²) in [6.07, 6.45) is 4.13. The van der Waals surface area contributed by atoms with Crippen molar-refractivity contribution in [1.29, 1.82) is 0 Å². The molecule has 1 N–H and O–H groups in total. The molecule has 4 nitrogen and oxygen atoms in total. The number of benzene rings is 1. The summed E-state index contributed by atoms with van der Waals surface area (Å²) < 4.78 is 2.88. The van der Waals surface area contributed by atoms with E-state index < -0.39 is 0 Å². The summed E-state index contributed by atoms with van der Waals surface area (Å²) in [7, 11) is 0. The first-order valence-corrected chi connectivity index (χ1v) is 7.35. The molecule has 0 amide bonds. The highest BCUT2D eigenvalue weighted by Gasteiger charge is 2.29. The Hall–Kier alpha value is -1.88. The summed E-state index contributed by atoms with van der Waals surface area (Å²) in [6, 6.07) is 9.90. The molecule has 5 heteroatoms. The second-order valence-electron chi connectivity index (χ2n) is 5.05. The number of fused-ring (bicyclic) bond motifs is 1. The molecule has 100 valence electrons. The predicted octanol–water partition coefficient (Wildman–Crippen LogP) is 3.90. The van der Waals surface area contributed by atoms with Crippen molar-refractivity contribution in [3.05, 3.63) is 41.0 Å². The van der Waals surface area contributed by atoms with Gasteiger partial charge in [-0.25, -0.2) is 9.97 Å². The Labute approximate surface area is 124 Å². The molecule has 0 unspecified atom stereocenters. The highest BCUT2D eigenvalue weighted by molar-refractivity contribution is 9.10. The monoisotopic (exact) mass is 329 g/mol. The molecule has 0 saturated heterocycles. The van der Waals surface area contributed by atoms with Gasteiger partial charge < -0.3 is 9.67 Å². The van der Waals surface area contributed by atoms with Gasteiger partial charge in [-0.15, -0.1) is 0 Å². The molecule has 2 heterocycles. The first-order valence-electron chi connectivity index (χ1n) is 6.56. The molecule has 1 fully saturated rings. The van der Waals surface area contributed by atoms with E-state index in [1.165, 1.54) is 0 Å². The molecular weight excluding hydrogens is 318 g/mol. The van der Waals surface area contributed by atoms with Crippen LogP contribution in [0.3, 0.4) is 0 Å². The van der Waals surface area contributed by atoms with Gasteiger partial charge in [-0.05, 0) is 59.1 Å². The highest BCUT2D eigenvalue weighted by Crippen LogP contribution is 2.41. The Balaban J connectivity index is 1.98. The third-order valence-electron chi connectivity index (χ3n) is 3.57. The number of phenols is 1. The van der Waals surface area contributed by atoms with Crippen molar-refractivity contribution < 1.29 is 5.11 Å². The normalized spacial score (nSPS) is 14.8. The second kappa shape index (κ2) is 4.31. The maximum atomic E-state index is 9.88. The lowest BCUT2D eigenvalue weighted by atomic mass is 10.2. The number of rotatable bonds is 2. The minimum atomic E-state index is 0.227.